The number of thioether (sulfide) groups is 1. The van der Waals surface area contributed by atoms with Gasteiger partial charge in [-0.1, -0.05) is 26.7 Å². The van der Waals surface area contributed by atoms with Gasteiger partial charge in [0.1, 0.15) is 0 Å². The van der Waals surface area contributed by atoms with Crippen molar-refractivity contribution >= 4 is 11.8 Å². The molecule has 1 saturated carbocycles. The van der Waals surface area contributed by atoms with Gasteiger partial charge in [-0.2, -0.15) is 11.8 Å². The number of aromatic nitrogens is 4. The zero-order chi connectivity index (χ0) is 13.7. The summed E-state index contributed by atoms with van der Waals surface area (Å²) in [5, 5.41) is 15.6. The fraction of sp³-hybridized carbons (Fsp3) is 0.923. The Hall–Kier alpha value is -0.620. The Labute approximate surface area is 119 Å². The summed E-state index contributed by atoms with van der Waals surface area (Å²) in [6.07, 6.45) is 7.46. The molecule has 0 amide bonds. The van der Waals surface area contributed by atoms with Crippen LogP contribution in [0, 0.1) is 5.92 Å². The average Bonchev–Trinajstić information content (AvgIpc) is 3.00. The lowest BCUT2D eigenvalue weighted by molar-refractivity contribution is 0.439. The van der Waals surface area contributed by atoms with Gasteiger partial charge in [-0.25, -0.2) is 4.68 Å². The molecule has 1 aromatic heterocycles. The van der Waals surface area contributed by atoms with Crippen LogP contribution in [0.4, 0.5) is 0 Å². The van der Waals surface area contributed by atoms with Crippen molar-refractivity contribution in [1.82, 2.24) is 25.5 Å². The van der Waals surface area contributed by atoms with Crippen molar-refractivity contribution in [1.29, 1.82) is 0 Å². The van der Waals surface area contributed by atoms with E-state index < -0.39 is 0 Å². The zero-order valence-electron chi connectivity index (χ0n) is 12.2. The summed E-state index contributed by atoms with van der Waals surface area (Å²) in [6.45, 7) is 7.12. The van der Waals surface area contributed by atoms with Crippen LogP contribution in [0.2, 0.25) is 0 Å². The first kappa shape index (κ1) is 14.8. The Morgan fingerprint density at radius 1 is 1.37 bits per heavy atom. The lowest BCUT2D eigenvalue weighted by atomic mass is 10.1. The highest BCUT2D eigenvalue weighted by atomic mass is 32.2. The van der Waals surface area contributed by atoms with Crippen LogP contribution in [-0.4, -0.2) is 37.8 Å². The summed E-state index contributed by atoms with van der Waals surface area (Å²) in [7, 11) is 0. The quantitative estimate of drug-likeness (QED) is 0.830. The van der Waals surface area contributed by atoms with Gasteiger partial charge in [0.15, 0.2) is 5.82 Å². The second-order valence-electron chi connectivity index (χ2n) is 5.87. The number of hydrogen-bond acceptors (Lipinski definition) is 5. The standard InChI is InChI=1S/C13H25N5S/c1-11(2)8-14-9-12-15-16-17-18(12)10-13(19-3)6-4-5-7-13/h11,14H,4-10H2,1-3H3. The van der Waals surface area contributed by atoms with Crippen LogP contribution in [0.15, 0.2) is 0 Å². The van der Waals surface area contributed by atoms with E-state index in [2.05, 4.69) is 40.9 Å². The maximum absolute atomic E-state index is 4.17. The van der Waals surface area contributed by atoms with E-state index in [1.54, 1.807) is 0 Å². The van der Waals surface area contributed by atoms with Crippen LogP contribution in [0.3, 0.4) is 0 Å². The minimum absolute atomic E-state index is 0.349. The van der Waals surface area contributed by atoms with Crippen LogP contribution >= 0.6 is 11.8 Å². The molecule has 6 heteroatoms. The Kier molecular flexibility index (Phi) is 5.21. The molecule has 1 heterocycles. The number of nitrogens with one attached hydrogen (secondary N) is 1. The SMILES string of the molecule is CSC1(Cn2nnnc2CNCC(C)C)CCCC1. The molecule has 1 fully saturated rings. The van der Waals surface area contributed by atoms with Crippen molar-refractivity contribution in [3.05, 3.63) is 5.82 Å². The minimum atomic E-state index is 0.349. The van der Waals surface area contributed by atoms with E-state index in [1.165, 1.54) is 25.7 Å². The van der Waals surface area contributed by atoms with E-state index in [-0.39, 0.29) is 0 Å². The predicted octanol–water partition coefficient (Wildman–Crippen LogP) is 2.09. The second-order valence-corrected chi connectivity index (χ2v) is 7.15. The van der Waals surface area contributed by atoms with Crippen molar-refractivity contribution < 1.29 is 0 Å². The molecule has 0 saturated heterocycles. The van der Waals surface area contributed by atoms with Crippen molar-refractivity contribution in [2.45, 2.75) is 57.4 Å². The van der Waals surface area contributed by atoms with Crippen molar-refractivity contribution in [3.8, 4) is 0 Å². The number of nitrogens with zero attached hydrogens (tertiary/aromatic N) is 4. The third-order valence-electron chi connectivity index (χ3n) is 3.83. The van der Waals surface area contributed by atoms with Crippen LogP contribution in [-0.2, 0) is 13.1 Å². The third kappa shape index (κ3) is 3.92. The topological polar surface area (TPSA) is 55.6 Å². The van der Waals surface area contributed by atoms with Crippen molar-refractivity contribution in [2.24, 2.45) is 5.92 Å². The summed E-state index contributed by atoms with van der Waals surface area (Å²) < 4.78 is 2.34. The number of tetrazole rings is 1. The Morgan fingerprint density at radius 2 is 2.11 bits per heavy atom. The van der Waals surface area contributed by atoms with E-state index in [0.29, 0.717) is 10.7 Å². The predicted molar refractivity (Wildman–Crippen MR) is 79.1 cm³/mol. The first-order valence-corrected chi connectivity index (χ1v) is 8.38. The fourth-order valence-corrected chi connectivity index (χ4v) is 3.61. The molecule has 0 atom stereocenters. The molecular formula is C13H25N5S. The summed E-state index contributed by atoms with van der Waals surface area (Å²) >= 11 is 1.98. The molecule has 0 aliphatic heterocycles. The van der Waals surface area contributed by atoms with Crippen LogP contribution in [0.25, 0.3) is 0 Å². The molecule has 1 aromatic rings. The molecule has 5 nitrogen and oxygen atoms in total. The summed E-state index contributed by atoms with van der Waals surface area (Å²) in [4.78, 5) is 0. The monoisotopic (exact) mass is 283 g/mol. The highest BCUT2D eigenvalue weighted by molar-refractivity contribution is 8.00. The van der Waals surface area contributed by atoms with E-state index in [1.807, 2.05) is 16.4 Å². The number of rotatable bonds is 7. The molecule has 1 N–H and O–H groups in total. The molecular weight excluding hydrogens is 258 g/mol. The molecule has 2 rings (SSSR count). The van der Waals surface area contributed by atoms with Gasteiger partial charge in [-0.3, -0.25) is 0 Å². The molecule has 19 heavy (non-hydrogen) atoms. The first-order valence-electron chi connectivity index (χ1n) is 7.16. The second kappa shape index (κ2) is 6.70. The molecule has 1 aliphatic rings. The van der Waals surface area contributed by atoms with E-state index in [0.717, 1.165) is 25.5 Å². The highest BCUT2D eigenvalue weighted by Gasteiger charge is 2.34. The largest absolute Gasteiger partial charge is 0.310 e. The van der Waals surface area contributed by atoms with E-state index in [9.17, 15) is 0 Å². The maximum atomic E-state index is 4.17. The van der Waals surface area contributed by atoms with E-state index >= 15 is 0 Å². The molecule has 0 unspecified atom stereocenters. The van der Waals surface area contributed by atoms with Gasteiger partial charge >= 0.3 is 0 Å². The Bertz CT molecular complexity index is 384. The fourth-order valence-electron chi connectivity index (χ4n) is 2.66. The number of hydrogen-bond donors (Lipinski definition) is 1. The molecule has 0 aromatic carbocycles. The normalized spacial score (nSPS) is 18.3. The van der Waals surface area contributed by atoms with Crippen molar-refractivity contribution in [3.63, 3.8) is 0 Å². The van der Waals surface area contributed by atoms with Crippen LogP contribution < -0.4 is 5.32 Å². The zero-order valence-corrected chi connectivity index (χ0v) is 13.0. The molecule has 0 bridgehead atoms. The van der Waals surface area contributed by atoms with Gasteiger partial charge in [-0.05, 0) is 42.0 Å². The lowest BCUT2D eigenvalue weighted by Gasteiger charge is -2.26. The molecule has 108 valence electrons. The van der Waals surface area contributed by atoms with Gasteiger partial charge in [0.25, 0.3) is 0 Å². The third-order valence-corrected chi connectivity index (χ3v) is 5.23. The van der Waals surface area contributed by atoms with Gasteiger partial charge in [0, 0.05) is 4.75 Å². The van der Waals surface area contributed by atoms with Crippen molar-refractivity contribution in [2.75, 3.05) is 12.8 Å². The van der Waals surface area contributed by atoms with Gasteiger partial charge in [0.2, 0.25) is 0 Å². The van der Waals surface area contributed by atoms with E-state index in [4.69, 9.17) is 0 Å². The molecule has 1 aliphatic carbocycles. The highest BCUT2D eigenvalue weighted by Crippen LogP contribution is 2.41. The van der Waals surface area contributed by atoms with Crippen LogP contribution in [0.1, 0.15) is 45.4 Å². The molecule has 0 spiro atoms. The Balaban J connectivity index is 1.95. The molecule has 0 radical (unpaired) electrons. The summed E-state index contributed by atoms with van der Waals surface area (Å²) in [5.74, 6) is 1.61. The summed E-state index contributed by atoms with van der Waals surface area (Å²) in [5.41, 5.74) is 0. The van der Waals surface area contributed by atoms with Gasteiger partial charge in [-0.15, -0.1) is 5.10 Å². The average molecular weight is 283 g/mol. The minimum Gasteiger partial charge on any atom is -0.310 e. The maximum Gasteiger partial charge on any atom is 0.165 e. The Morgan fingerprint density at radius 3 is 2.74 bits per heavy atom. The smallest absolute Gasteiger partial charge is 0.165 e. The van der Waals surface area contributed by atoms with Gasteiger partial charge in [0.05, 0.1) is 13.1 Å². The lowest BCUT2D eigenvalue weighted by Crippen LogP contribution is -2.30. The van der Waals surface area contributed by atoms with Crippen LogP contribution in [0.5, 0.6) is 0 Å². The first-order chi connectivity index (χ1) is 9.15. The van der Waals surface area contributed by atoms with Gasteiger partial charge < -0.3 is 5.32 Å². The summed E-state index contributed by atoms with van der Waals surface area (Å²) in [6, 6.07) is 0.